The molecule has 3 nitrogen and oxygen atoms in total. The highest BCUT2D eigenvalue weighted by Gasteiger charge is 2.19. The van der Waals surface area contributed by atoms with Crippen molar-refractivity contribution >= 4 is 0 Å². The van der Waals surface area contributed by atoms with Crippen LogP contribution in [0.15, 0.2) is 18.2 Å². The number of hydrogen-bond acceptors (Lipinski definition) is 3. The molecule has 1 aromatic rings. The van der Waals surface area contributed by atoms with E-state index < -0.39 is 0 Å². The predicted octanol–water partition coefficient (Wildman–Crippen LogP) is 1.83. The number of methoxy groups -OCH3 is 1. The van der Waals surface area contributed by atoms with Crippen LogP contribution in [0.25, 0.3) is 0 Å². The molecule has 1 fully saturated rings. The minimum Gasteiger partial charge on any atom is -0.508 e. The Morgan fingerprint density at radius 3 is 3.00 bits per heavy atom. The van der Waals surface area contributed by atoms with Gasteiger partial charge in [0.1, 0.15) is 11.5 Å². The van der Waals surface area contributed by atoms with Crippen molar-refractivity contribution < 1.29 is 9.84 Å². The fourth-order valence-corrected chi connectivity index (χ4v) is 1.89. The molecular formula is C11H15NO2. The lowest BCUT2D eigenvalue weighted by molar-refractivity contribution is 0.408. The van der Waals surface area contributed by atoms with Gasteiger partial charge in [-0.15, -0.1) is 0 Å². The van der Waals surface area contributed by atoms with Gasteiger partial charge in [0, 0.05) is 11.6 Å². The van der Waals surface area contributed by atoms with Crippen LogP contribution in [0, 0.1) is 0 Å². The van der Waals surface area contributed by atoms with E-state index in [1.165, 1.54) is 6.42 Å². The highest BCUT2D eigenvalue weighted by atomic mass is 16.5. The molecule has 1 aromatic carbocycles. The highest BCUT2D eigenvalue weighted by Crippen LogP contribution is 2.32. The average molecular weight is 193 g/mol. The molecule has 0 unspecified atom stereocenters. The zero-order valence-corrected chi connectivity index (χ0v) is 8.29. The van der Waals surface area contributed by atoms with Crippen molar-refractivity contribution in [2.24, 2.45) is 0 Å². The van der Waals surface area contributed by atoms with Crippen molar-refractivity contribution in [3.05, 3.63) is 23.8 Å². The maximum absolute atomic E-state index is 9.70. The molecule has 76 valence electrons. The van der Waals surface area contributed by atoms with Gasteiger partial charge in [0.05, 0.1) is 7.11 Å². The molecule has 3 heteroatoms. The Balaban J connectivity index is 2.29. The Labute approximate surface area is 83.7 Å². The van der Waals surface area contributed by atoms with Crippen molar-refractivity contribution in [2.75, 3.05) is 13.7 Å². The molecule has 1 aliphatic rings. The van der Waals surface area contributed by atoms with Crippen LogP contribution in [0.4, 0.5) is 0 Å². The Morgan fingerprint density at radius 2 is 2.36 bits per heavy atom. The number of hydrogen-bond donors (Lipinski definition) is 2. The fraction of sp³-hybridized carbons (Fsp3) is 0.455. The number of nitrogens with one attached hydrogen (secondary N) is 1. The summed E-state index contributed by atoms with van der Waals surface area (Å²) in [7, 11) is 1.64. The van der Waals surface area contributed by atoms with Crippen LogP contribution in [0.2, 0.25) is 0 Å². The molecule has 14 heavy (non-hydrogen) atoms. The molecule has 1 heterocycles. The minimum absolute atomic E-state index is 0.282. The summed E-state index contributed by atoms with van der Waals surface area (Å²) in [5.74, 6) is 1.15. The molecule has 0 radical (unpaired) electrons. The van der Waals surface area contributed by atoms with Crippen LogP contribution in [0.1, 0.15) is 24.4 Å². The van der Waals surface area contributed by atoms with Crippen LogP contribution in [-0.2, 0) is 0 Å². The summed E-state index contributed by atoms with van der Waals surface area (Å²) < 4.78 is 5.13. The Morgan fingerprint density at radius 1 is 1.50 bits per heavy atom. The van der Waals surface area contributed by atoms with Crippen LogP contribution in [0.3, 0.4) is 0 Å². The van der Waals surface area contributed by atoms with Crippen molar-refractivity contribution in [1.29, 1.82) is 0 Å². The highest BCUT2D eigenvalue weighted by molar-refractivity contribution is 5.41. The first-order valence-electron chi connectivity index (χ1n) is 4.91. The van der Waals surface area contributed by atoms with E-state index in [1.54, 1.807) is 19.2 Å². The lowest BCUT2D eigenvalue weighted by Crippen LogP contribution is -2.12. The summed E-state index contributed by atoms with van der Waals surface area (Å²) in [6.07, 6.45) is 2.25. The molecule has 0 bridgehead atoms. The maximum atomic E-state index is 9.70. The molecule has 1 aliphatic heterocycles. The number of phenolic OH excluding ortho intramolecular Hbond substituents is 1. The monoisotopic (exact) mass is 193 g/mol. The topological polar surface area (TPSA) is 41.5 Å². The maximum Gasteiger partial charge on any atom is 0.120 e. The summed E-state index contributed by atoms with van der Waals surface area (Å²) in [6, 6.07) is 5.64. The van der Waals surface area contributed by atoms with Gasteiger partial charge in [-0.2, -0.15) is 0 Å². The second-order valence-electron chi connectivity index (χ2n) is 3.57. The summed E-state index contributed by atoms with van der Waals surface area (Å²) in [6.45, 7) is 1.03. The van der Waals surface area contributed by atoms with E-state index in [1.807, 2.05) is 6.07 Å². The van der Waals surface area contributed by atoms with Crippen molar-refractivity contribution in [3.8, 4) is 11.5 Å². The van der Waals surface area contributed by atoms with Crippen molar-refractivity contribution in [1.82, 2.24) is 5.32 Å². The molecule has 1 atom stereocenters. The Kier molecular flexibility index (Phi) is 2.59. The number of ether oxygens (including phenoxy) is 1. The average Bonchev–Trinajstić information content (AvgIpc) is 2.71. The zero-order valence-electron chi connectivity index (χ0n) is 8.29. The van der Waals surface area contributed by atoms with Crippen LogP contribution >= 0.6 is 0 Å². The molecular weight excluding hydrogens is 178 g/mol. The van der Waals surface area contributed by atoms with Gasteiger partial charge in [-0.3, -0.25) is 0 Å². The number of aromatic hydroxyl groups is 1. The molecule has 0 spiro atoms. The normalized spacial score (nSPS) is 21.1. The summed E-state index contributed by atoms with van der Waals surface area (Å²) >= 11 is 0. The fourth-order valence-electron chi connectivity index (χ4n) is 1.89. The molecule has 0 aliphatic carbocycles. The van der Waals surface area contributed by atoms with Crippen LogP contribution in [-0.4, -0.2) is 18.8 Å². The van der Waals surface area contributed by atoms with E-state index in [2.05, 4.69) is 5.32 Å². The second kappa shape index (κ2) is 3.88. The summed E-state index contributed by atoms with van der Waals surface area (Å²) in [5, 5.41) is 13.0. The lowest BCUT2D eigenvalue weighted by atomic mass is 10.0. The van der Waals surface area contributed by atoms with E-state index in [9.17, 15) is 5.11 Å². The second-order valence-corrected chi connectivity index (χ2v) is 3.57. The van der Waals surface area contributed by atoms with Crippen LogP contribution in [0.5, 0.6) is 11.5 Å². The molecule has 0 amide bonds. The number of phenols is 1. The van der Waals surface area contributed by atoms with Gasteiger partial charge in [0.25, 0.3) is 0 Å². The first-order valence-corrected chi connectivity index (χ1v) is 4.91. The van der Waals surface area contributed by atoms with Gasteiger partial charge >= 0.3 is 0 Å². The Bertz CT molecular complexity index is 319. The van der Waals surface area contributed by atoms with Crippen molar-refractivity contribution in [3.63, 3.8) is 0 Å². The number of rotatable bonds is 2. The van der Waals surface area contributed by atoms with E-state index in [-0.39, 0.29) is 6.04 Å². The number of benzene rings is 1. The van der Waals surface area contributed by atoms with E-state index in [4.69, 9.17) is 4.74 Å². The predicted molar refractivity (Wildman–Crippen MR) is 54.6 cm³/mol. The zero-order chi connectivity index (χ0) is 9.97. The van der Waals surface area contributed by atoms with Gasteiger partial charge in [0.2, 0.25) is 0 Å². The third kappa shape index (κ3) is 1.68. The molecule has 0 saturated carbocycles. The third-order valence-corrected chi connectivity index (χ3v) is 2.67. The SMILES string of the molecule is COc1ccc(O)c([C@@H]2CCCN2)c1. The third-order valence-electron chi connectivity index (χ3n) is 2.67. The van der Waals surface area contributed by atoms with E-state index in [0.29, 0.717) is 5.75 Å². The molecule has 0 aromatic heterocycles. The lowest BCUT2D eigenvalue weighted by Gasteiger charge is -2.13. The minimum atomic E-state index is 0.282. The first-order chi connectivity index (χ1) is 6.81. The van der Waals surface area contributed by atoms with Gasteiger partial charge in [-0.1, -0.05) is 0 Å². The van der Waals surface area contributed by atoms with Gasteiger partial charge in [-0.05, 0) is 37.6 Å². The van der Waals surface area contributed by atoms with Crippen LogP contribution < -0.4 is 10.1 Å². The largest absolute Gasteiger partial charge is 0.508 e. The summed E-state index contributed by atoms with van der Waals surface area (Å²) in [5.41, 5.74) is 0.946. The van der Waals surface area contributed by atoms with Gasteiger partial charge < -0.3 is 15.2 Å². The Hall–Kier alpha value is -1.22. The first kappa shape index (κ1) is 9.34. The smallest absolute Gasteiger partial charge is 0.120 e. The quantitative estimate of drug-likeness (QED) is 0.752. The molecule has 1 saturated heterocycles. The van der Waals surface area contributed by atoms with Gasteiger partial charge in [0.15, 0.2) is 0 Å². The molecule has 2 rings (SSSR count). The summed E-state index contributed by atoms with van der Waals surface area (Å²) in [4.78, 5) is 0. The van der Waals surface area contributed by atoms with E-state index >= 15 is 0 Å². The van der Waals surface area contributed by atoms with Crippen molar-refractivity contribution in [2.45, 2.75) is 18.9 Å². The van der Waals surface area contributed by atoms with Gasteiger partial charge in [-0.25, -0.2) is 0 Å². The molecule has 2 N–H and O–H groups in total. The standard InChI is InChI=1S/C11H15NO2/c1-14-8-4-5-11(13)9(7-8)10-3-2-6-12-10/h4-5,7,10,12-13H,2-3,6H2,1H3/t10-/m0/s1. The van der Waals surface area contributed by atoms with E-state index in [0.717, 1.165) is 24.3 Å².